The number of hydrogen-bond donors (Lipinski definition) is 2. The highest BCUT2D eigenvalue weighted by Gasteiger charge is 2.19. The maximum atomic E-state index is 14.7. The quantitative estimate of drug-likeness (QED) is 0.814. The van der Waals surface area contributed by atoms with Crippen molar-refractivity contribution in [3.8, 4) is 17.2 Å². The Morgan fingerprint density at radius 3 is 2.48 bits per heavy atom. The number of hydrogen-bond acceptors (Lipinski definition) is 5. The maximum Gasteiger partial charge on any atom is 0.228 e. The lowest BCUT2D eigenvalue weighted by Crippen LogP contribution is -2.25. The predicted octanol–water partition coefficient (Wildman–Crippen LogP) is 2.68. The summed E-state index contributed by atoms with van der Waals surface area (Å²) in [5.41, 5.74) is 2.47. The van der Waals surface area contributed by atoms with Gasteiger partial charge in [-0.1, -0.05) is 6.07 Å². The summed E-state index contributed by atoms with van der Waals surface area (Å²) in [6.07, 6.45) is 0.659. The molecule has 0 aromatic heterocycles. The first-order valence-corrected chi connectivity index (χ1v) is 8.67. The van der Waals surface area contributed by atoms with Crippen LogP contribution in [0, 0.1) is 5.82 Å². The van der Waals surface area contributed by atoms with Gasteiger partial charge < -0.3 is 24.8 Å². The molecule has 2 aromatic carbocycles. The van der Waals surface area contributed by atoms with Crippen LogP contribution in [0.5, 0.6) is 17.2 Å². The van der Waals surface area contributed by atoms with E-state index in [0.29, 0.717) is 41.3 Å². The van der Waals surface area contributed by atoms with Gasteiger partial charge in [0.1, 0.15) is 5.82 Å². The van der Waals surface area contributed by atoms with E-state index in [0.717, 1.165) is 12.1 Å². The normalized spacial score (nSPS) is 12.9. The number of amides is 1. The Labute approximate surface area is 157 Å². The van der Waals surface area contributed by atoms with Crippen LogP contribution >= 0.6 is 0 Å². The van der Waals surface area contributed by atoms with E-state index in [-0.39, 0.29) is 23.8 Å². The van der Waals surface area contributed by atoms with Crippen LogP contribution in [0.1, 0.15) is 16.7 Å². The highest BCUT2D eigenvalue weighted by atomic mass is 19.1. The van der Waals surface area contributed by atoms with Gasteiger partial charge in [0.15, 0.2) is 11.5 Å². The second-order valence-corrected chi connectivity index (χ2v) is 6.25. The second-order valence-electron chi connectivity index (χ2n) is 6.25. The van der Waals surface area contributed by atoms with Gasteiger partial charge in [-0.3, -0.25) is 4.79 Å². The third-order valence-corrected chi connectivity index (χ3v) is 4.57. The number of anilines is 1. The Bertz CT molecular complexity index is 829. The first-order valence-electron chi connectivity index (χ1n) is 8.67. The molecule has 2 N–H and O–H groups in total. The van der Waals surface area contributed by atoms with Crippen molar-refractivity contribution in [2.75, 3.05) is 33.2 Å². The first-order chi connectivity index (χ1) is 13.1. The van der Waals surface area contributed by atoms with Crippen molar-refractivity contribution in [3.05, 3.63) is 46.8 Å². The van der Waals surface area contributed by atoms with Crippen LogP contribution in [-0.4, -0.2) is 33.8 Å². The van der Waals surface area contributed by atoms with Crippen molar-refractivity contribution in [2.45, 2.75) is 19.4 Å². The van der Waals surface area contributed by atoms with Gasteiger partial charge in [-0.05, 0) is 47.9 Å². The molecule has 1 aliphatic heterocycles. The Balaban J connectivity index is 1.78. The molecule has 3 rings (SSSR count). The average molecular weight is 374 g/mol. The van der Waals surface area contributed by atoms with E-state index in [4.69, 9.17) is 14.2 Å². The molecule has 0 bridgehead atoms. The minimum absolute atomic E-state index is 0.0504. The highest BCUT2D eigenvalue weighted by Crippen LogP contribution is 2.38. The summed E-state index contributed by atoms with van der Waals surface area (Å²) < 4.78 is 30.6. The zero-order valence-electron chi connectivity index (χ0n) is 15.6. The molecule has 0 atom stereocenters. The fourth-order valence-electron chi connectivity index (χ4n) is 3.25. The average Bonchev–Trinajstić information content (AvgIpc) is 2.69. The molecule has 2 aromatic rings. The van der Waals surface area contributed by atoms with Crippen molar-refractivity contribution in [2.24, 2.45) is 0 Å². The zero-order chi connectivity index (χ0) is 19.4. The van der Waals surface area contributed by atoms with Crippen molar-refractivity contribution >= 4 is 11.6 Å². The molecule has 0 spiro atoms. The number of ether oxygens (including phenoxy) is 3. The summed E-state index contributed by atoms with van der Waals surface area (Å²) >= 11 is 0. The number of rotatable bonds is 6. The van der Waals surface area contributed by atoms with Gasteiger partial charge in [-0.2, -0.15) is 0 Å². The zero-order valence-corrected chi connectivity index (χ0v) is 15.6. The number of nitrogens with one attached hydrogen (secondary N) is 2. The van der Waals surface area contributed by atoms with Crippen LogP contribution in [0.2, 0.25) is 0 Å². The highest BCUT2D eigenvalue weighted by molar-refractivity contribution is 5.92. The Morgan fingerprint density at radius 1 is 1.15 bits per heavy atom. The molecule has 6 nitrogen and oxygen atoms in total. The molecule has 1 amide bonds. The van der Waals surface area contributed by atoms with Crippen LogP contribution in [0.4, 0.5) is 10.1 Å². The van der Waals surface area contributed by atoms with Crippen molar-refractivity contribution in [3.63, 3.8) is 0 Å². The summed E-state index contributed by atoms with van der Waals surface area (Å²) in [6, 6.07) is 6.86. The van der Waals surface area contributed by atoms with Crippen LogP contribution in [-0.2, 0) is 24.2 Å². The van der Waals surface area contributed by atoms with Crippen molar-refractivity contribution < 1.29 is 23.4 Å². The third kappa shape index (κ3) is 3.98. The van der Waals surface area contributed by atoms with Crippen LogP contribution in [0.3, 0.4) is 0 Å². The van der Waals surface area contributed by atoms with Crippen molar-refractivity contribution in [1.82, 2.24) is 5.32 Å². The van der Waals surface area contributed by atoms with Gasteiger partial charge in [-0.15, -0.1) is 0 Å². The number of benzene rings is 2. The minimum atomic E-state index is -0.354. The van der Waals surface area contributed by atoms with E-state index in [1.807, 2.05) is 6.07 Å². The van der Waals surface area contributed by atoms with E-state index in [1.165, 1.54) is 21.3 Å². The molecule has 0 fully saturated rings. The van der Waals surface area contributed by atoms with Gasteiger partial charge >= 0.3 is 0 Å². The molecule has 7 heteroatoms. The minimum Gasteiger partial charge on any atom is -0.493 e. The number of methoxy groups -OCH3 is 3. The topological polar surface area (TPSA) is 68.8 Å². The number of halogens is 1. The van der Waals surface area contributed by atoms with Crippen LogP contribution < -0.4 is 24.8 Å². The molecule has 144 valence electrons. The van der Waals surface area contributed by atoms with Gasteiger partial charge in [0.2, 0.25) is 11.7 Å². The predicted molar refractivity (Wildman–Crippen MR) is 100 cm³/mol. The van der Waals surface area contributed by atoms with Crippen LogP contribution in [0.15, 0.2) is 24.3 Å². The Morgan fingerprint density at radius 2 is 1.85 bits per heavy atom. The molecule has 1 heterocycles. The lowest BCUT2D eigenvalue weighted by molar-refractivity contribution is -0.115. The monoisotopic (exact) mass is 374 g/mol. The van der Waals surface area contributed by atoms with Gasteiger partial charge in [-0.25, -0.2) is 4.39 Å². The molecule has 0 radical (unpaired) electrons. The lowest BCUT2D eigenvalue weighted by Gasteiger charge is -2.19. The summed E-state index contributed by atoms with van der Waals surface area (Å²) in [5, 5.41) is 5.87. The Hall–Kier alpha value is -2.80. The van der Waals surface area contributed by atoms with E-state index in [9.17, 15) is 9.18 Å². The molecular weight excluding hydrogens is 351 g/mol. The first kappa shape index (κ1) is 19.0. The molecule has 0 unspecified atom stereocenters. The summed E-state index contributed by atoms with van der Waals surface area (Å²) in [6.45, 7) is 1.37. The molecule has 0 saturated carbocycles. The van der Waals surface area contributed by atoms with Gasteiger partial charge in [0, 0.05) is 6.54 Å². The van der Waals surface area contributed by atoms with E-state index in [1.54, 1.807) is 18.2 Å². The van der Waals surface area contributed by atoms with E-state index in [2.05, 4.69) is 10.6 Å². The molecule has 1 aliphatic rings. The van der Waals surface area contributed by atoms with Gasteiger partial charge in [0.25, 0.3) is 0 Å². The Kier molecular flexibility index (Phi) is 5.81. The number of carbonyl (C=O) groups excluding carboxylic acids is 1. The largest absolute Gasteiger partial charge is 0.493 e. The second kappa shape index (κ2) is 8.26. The van der Waals surface area contributed by atoms with E-state index < -0.39 is 0 Å². The molecule has 0 saturated heterocycles. The fraction of sp³-hybridized carbons (Fsp3) is 0.350. The summed E-state index contributed by atoms with van der Waals surface area (Å²) in [5.74, 6) is 0.710. The SMILES string of the molecule is COc1cc(CC(=O)Nc2ccc3c(c2F)CCNC3)cc(OC)c1OC. The third-order valence-electron chi connectivity index (χ3n) is 4.57. The molecular formula is C20H23FN2O4. The smallest absolute Gasteiger partial charge is 0.228 e. The van der Waals surface area contributed by atoms with Crippen LogP contribution in [0.25, 0.3) is 0 Å². The molecule has 0 aliphatic carbocycles. The van der Waals surface area contributed by atoms with E-state index >= 15 is 0 Å². The summed E-state index contributed by atoms with van der Waals surface area (Å²) in [7, 11) is 4.54. The maximum absolute atomic E-state index is 14.7. The lowest BCUT2D eigenvalue weighted by atomic mass is 9.99. The molecule has 27 heavy (non-hydrogen) atoms. The number of carbonyl (C=O) groups is 1. The number of fused-ring (bicyclic) bond motifs is 1. The van der Waals surface area contributed by atoms with Gasteiger partial charge in [0.05, 0.1) is 33.4 Å². The fourth-order valence-corrected chi connectivity index (χ4v) is 3.25. The summed E-state index contributed by atoms with van der Waals surface area (Å²) in [4.78, 5) is 12.5. The van der Waals surface area contributed by atoms with Crippen molar-refractivity contribution in [1.29, 1.82) is 0 Å². The standard InChI is InChI=1S/C20H23FN2O4/c1-25-16-8-12(9-17(26-2)20(16)27-3)10-18(24)23-15-5-4-13-11-22-7-6-14(13)19(15)21/h4-5,8-9,22H,6-7,10-11H2,1-3H3,(H,23,24).